The van der Waals surface area contributed by atoms with Crippen LogP contribution >= 0.6 is 0 Å². The zero-order valence-electron chi connectivity index (χ0n) is 27.4. The molecule has 0 aromatic rings. The van der Waals surface area contributed by atoms with Crippen LogP contribution < -0.4 is 0 Å². The fourth-order valence-corrected chi connectivity index (χ4v) is 6.28. The van der Waals surface area contributed by atoms with Crippen LogP contribution in [0.25, 0.3) is 0 Å². The molecule has 238 valence electrons. The van der Waals surface area contributed by atoms with Gasteiger partial charge in [-0.15, -0.1) is 0 Å². The maximum atomic E-state index is 12.3. The lowest BCUT2D eigenvalue weighted by atomic mass is 9.77. The van der Waals surface area contributed by atoms with E-state index >= 15 is 0 Å². The van der Waals surface area contributed by atoms with E-state index in [1.54, 1.807) is 0 Å². The second kappa shape index (κ2) is 16.5. The van der Waals surface area contributed by atoms with Crippen LogP contribution in [0.5, 0.6) is 0 Å². The fourth-order valence-electron chi connectivity index (χ4n) is 6.28. The van der Waals surface area contributed by atoms with Crippen molar-refractivity contribution in [2.24, 2.45) is 47.3 Å². The highest BCUT2D eigenvalue weighted by Gasteiger charge is 2.42. The first kappa shape index (κ1) is 35.8. The number of ketones is 2. The van der Waals surface area contributed by atoms with Gasteiger partial charge in [0, 0.05) is 61.9 Å². The third-order valence-electron chi connectivity index (χ3n) is 9.37. The molecule has 42 heavy (non-hydrogen) atoms. The molecule has 1 aliphatic carbocycles. The molecule has 0 aromatic carbocycles. The van der Waals surface area contributed by atoms with Gasteiger partial charge >= 0.3 is 0 Å². The number of hydrogen-bond donors (Lipinski definition) is 0. The van der Waals surface area contributed by atoms with E-state index in [2.05, 4.69) is 0 Å². The highest BCUT2D eigenvalue weighted by atomic mass is 16.2. The molecule has 1 saturated carbocycles. The van der Waals surface area contributed by atoms with Crippen LogP contribution in [0.4, 0.5) is 0 Å². The lowest BCUT2D eigenvalue weighted by molar-refractivity contribution is -0.142. The first-order valence-corrected chi connectivity index (χ1v) is 16.4. The fraction of sp³-hybridized carbons (Fsp3) is 0.824. The Morgan fingerprint density at radius 1 is 0.667 bits per heavy atom. The van der Waals surface area contributed by atoms with Crippen molar-refractivity contribution in [1.29, 1.82) is 0 Å². The Kier molecular flexibility index (Phi) is 14.0. The van der Waals surface area contributed by atoms with Crippen molar-refractivity contribution < 1.29 is 28.8 Å². The molecular formula is C34H56N2O6. The first-order valence-electron chi connectivity index (χ1n) is 16.4. The van der Waals surface area contributed by atoms with E-state index in [0.29, 0.717) is 44.1 Å². The maximum Gasteiger partial charge on any atom is 0.233 e. The zero-order valence-corrected chi connectivity index (χ0v) is 27.4. The molecule has 8 heteroatoms. The summed E-state index contributed by atoms with van der Waals surface area (Å²) in [4.78, 5) is 74.7. The van der Waals surface area contributed by atoms with E-state index in [1.165, 1.54) is 9.80 Å². The van der Waals surface area contributed by atoms with Crippen molar-refractivity contribution >= 4 is 35.2 Å². The Balaban J connectivity index is 0.000000295. The number of carbonyl (C=O) groups excluding carboxylic acids is 6. The molecule has 0 bridgehead atoms. The molecule has 0 radical (unpaired) electrons. The van der Waals surface area contributed by atoms with Gasteiger partial charge in [0.05, 0.1) is 0 Å². The van der Waals surface area contributed by atoms with Crippen molar-refractivity contribution in [1.82, 2.24) is 9.80 Å². The molecule has 2 saturated heterocycles. The summed E-state index contributed by atoms with van der Waals surface area (Å²) in [5.41, 5.74) is 0. The zero-order chi connectivity index (χ0) is 31.7. The van der Waals surface area contributed by atoms with Gasteiger partial charge in [0.25, 0.3) is 0 Å². The summed E-state index contributed by atoms with van der Waals surface area (Å²) in [6, 6.07) is 0. The molecule has 3 aliphatic rings. The Bertz CT molecular complexity index is 977. The number of nitrogens with zero attached hydrogens (tertiary/aromatic N) is 2. The average molecular weight is 589 g/mol. The van der Waals surface area contributed by atoms with Crippen LogP contribution in [0.15, 0.2) is 0 Å². The molecule has 2 atom stereocenters. The van der Waals surface area contributed by atoms with Crippen LogP contribution in [-0.2, 0) is 28.8 Å². The minimum absolute atomic E-state index is 0.0101. The number of carbonyl (C=O) groups is 6. The predicted octanol–water partition coefficient (Wildman–Crippen LogP) is 5.85. The van der Waals surface area contributed by atoms with E-state index in [1.807, 2.05) is 55.4 Å². The number of Topliss-reactive ketones (excluding diaryl/α,β-unsaturated/α-hetero) is 2. The van der Waals surface area contributed by atoms with Crippen LogP contribution in [0.1, 0.15) is 120 Å². The molecule has 4 amide bonds. The summed E-state index contributed by atoms with van der Waals surface area (Å²) >= 11 is 0. The van der Waals surface area contributed by atoms with Gasteiger partial charge < -0.3 is 0 Å². The monoisotopic (exact) mass is 588 g/mol. The Labute approximate surface area is 253 Å². The number of rotatable bonds is 13. The van der Waals surface area contributed by atoms with Gasteiger partial charge in [-0.2, -0.15) is 0 Å². The second-order valence-corrected chi connectivity index (χ2v) is 14.0. The highest BCUT2D eigenvalue weighted by Crippen LogP contribution is 2.34. The van der Waals surface area contributed by atoms with Gasteiger partial charge in [-0.25, -0.2) is 0 Å². The third-order valence-corrected chi connectivity index (χ3v) is 9.37. The van der Waals surface area contributed by atoms with Crippen LogP contribution in [0.2, 0.25) is 0 Å². The SMILES string of the molecule is CC(C)C(=O)C1CCC(CN2C(=O)C[C@H](C(C)C)C2=O)CC1.CC(C)C(=O)CCCCCN1C(=O)C[C@@H](C(C)C)C1=O. The van der Waals surface area contributed by atoms with E-state index < -0.39 is 0 Å². The van der Waals surface area contributed by atoms with E-state index in [-0.39, 0.29) is 70.8 Å². The molecule has 3 fully saturated rings. The van der Waals surface area contributed by atoms with Crippen LogP contribution in [0, 0.1) is 47.3 Å². The van der Waals surface area contributed by atoms with Crippen molar-refractivity contribution in [2.45, 2.75) is 120 Å². The summed E-state index contributed by atoms with van der Waals surface area (Å²) in [6.45, 7) is 16.8. The summed E-state index contributed by atoms with van der Waals surface area (Å²) < 4.78 is 0. The second-order valence-electron chi connectivity index (χ2n) is 14.0. The highest BCUT2D eigenvalue weighted by molar-refractivity contribution is 6.04. The van der Waals surface area contributed by atoms with E-state index in [0.717, 1.165) is 44.9 Å². The summed E-state index contributed by atoms with van der Waals surface area (Å²) in [6.07, 6.45) is 7.60. The van der Waals surface area contributed by atoms with Gasteiger partial charge in [-0.3, -0.25) is 38.6 Å². The van der Waals surface area contributed by atoms with Gasteiger partial charge in [0.2, 0.25) is 23.6 Å². The smallest absolute Gasteiger partial charge is 0.233 e. The number of imide groups is 2. The molecule has 2 heterocycles. The van der Waals surface area contributed by atoms with E-state index in [9.17, 15) is 28.8 Å². The van der Waals surface area contributed by atoms with Crippen LogP contribution in [0.3, 0.4) is 0 Å². The topological polar surface area (TPSA) is 109 Å². The summed E-state index contributed by atoms with van der Waals surface area (Å²) in [5.74, 6) is 1.56. The number of amides is 4. The van der Waals surface area contributed by atoms with Crippen LogP contribution in [-0.4, -0.2) is 58.1 Å². The quantitative estimate of drug-likeness (QED) is 0.197. The molecule has 0 N–H and O–H groups in total. The minimum Gasteiger partial charge on any atom is -0.299 e. The summed E-state index contributed by atoms with van der Waals surface area (Å²) in [5, 5.41) is 0. The van der Waals surface area contributed by atoms with Crippen molar-refractivity contribution in [2.75, 3.05) is 13.1 Å². The molecule has 2 aliphatic heterocycles. The average Bonchev–Trinajstić information content (AvgIpc) is 3.38. The molecule has 8 nitrogen and oxygen atoms in total. The first-order chi connectivity index (χ1) is 19.6. The lowest BCUT2D eigenvalue weighted by Gasteiger charge is -2.30. The van der Waals surface area contributed by atoms with Crippen molar-refractivity contribution in [3.05, 3.63) is 0 Å². The van der Waals surface area contributed by atoms with Gasteiger partial charge in [-0.1, -0.05) is 61.8 Å². The summed E-state index contributed by atoms with van der Waals surface area (Å²) in [7, 11) is 0. The third kappa shape index (κ3) is 9.84. The standard InChI is InChI=1S/C18H29NO3.C16H27NO3/c1-11(2)15-9-16(20)19(18(15)22)10-13-5-7-14(8-6-13)17(21)12(3)4;1-11(2)13-10-15(19)17(16(13)20)9-7-5-6-8-14(18)12(3)4/h11-15H,5-10H2,1-4H3;11-13H,5-10H2,1-4H3/t13?,14?,15-;13-/m10/s1. The number of hydrogen-bond acceptors (Lipinski definition) is 6. The van der Waals surface area contributed by atoms with Gasteiger partial charge in [0.1, 0.15) is 11.6 Å². The molecule has 3 rings (SSSR count). The molecule has 0 aromatic heterocycles. The lowest BCUT2D eigenvalue weighted by Crippen LogP contribution is -2.37. The van der Waals surface area contributed by atoms with Gasteiger partial charge in [-0.05, 0) is 56.3 Å². The largest absolute Gasteiger partial charge is 0.299 e. The van der Waals surface area contributed by atoms with Crippen molar-refractivity contribution in [3.63, 3.8) is 0 Å². The maximum absolute atomic E-state index is 12.3. The normalized spacial score (nSPS) is 24.9. The minimum atomic E-state index is -0.134. The van der Waals surface area contributed by atoms with E-state index in [4.69, 9.17) is 0 Å². The van der Waals surface area contributed by atoms with Gasteiger partial charge in [0.15, 0.2) is 0 Å². The Morgan fingerprint density at radius 2 is 1.17 bits per heavy atom. The number of likely N-dealkylation sites (tertiary alicyclic amines) is 2. The molecular weight excluding hydrogens is 532 g/mol. The van der Waals surface area contributed by atoms with Crippen molar-refractivity contribution in [3.8, 4) is 0 Å². The molecule has 0 unspecified atom stereocenters. The molecule has 0 spiro atoms. The Morgan fingerprint density at radius 3 is 1.62 bits per heavy atom. The number of unbranched alkanes of at least 4 members (excludes halogenated alkanes) is 2. The Hall–Kier alpha value is -2.38. The predicted molar refractivity (Wildman–Crippen MR) is 163 cm³/mol.